The molecule has 3 heterocycles. The lowest BCUT2D eigenvalue weighted by Crippen LogP contribution is -2.61. The van der Waals surface area contributed by atoms with E-state index in [9.17, 15) is 5.48 Å². The molecule has 6 aliphatic rings. The van der Waals surface area contributed by atoms with Gasteiger partial charge in [-0.05, 0) is 211 Å². The summed E-state index contributed by atoms with van der Waals surface area (Å²) in [6.07, 6.45) is 8.45. The number of anilines is 9. The van der Waals surface area contributed by atoms with Crippen molar-refractivity contribution in [3.8, 4) is 0 Å². The second-order valence-electron chi connectivity index (χ2n) is 32.1. The zero-order valence-electron chi connectivity index (χ0n) is 57.6. The van der Waals surface area contributed by atoms with Gasteiger partial charge in [-0.15, -0.1) is 0 Å². The maximum Gasteiger partial charge on any atom is 0.297 e. The average Bonchev–Trinajstić information content (AvgIpc) is 1.30. The first-order valence-corrected chi connectivity index (χ1v) is 30.7. The fourth-order valence-corrected chi connectivity index (χ4v) is 15.8. The lowest BCUT2D eigenvalue weighted by molar-refractivity contribution is 0.282. The molecule has 0 bridgehead atoms. The molecule has 420 valence electrons. The van der Waals surface area contributed by atoms with Gasteiger partial charge in [-0.2, -0.15) is 0 Å². The van der Waals surface area contributed by atoms with Crippen LogP contribution in [0.3, 0.4) is 0 Å². The number of benzene rings is 6. The maximum absolute atomic E-state index is 9.87. The Morgan fingerprint density at radius 3 is 1.41 bits per heavy atom. The van der Waals surface area contributed by atoms with Crippen LogP contribution in [0.4, 0.5) is 51.2 Å². The first-order valence-electron chi connectivity index (χ1n) is 33.2. The topological polar surface area (TPSA) is 22.9 Å². The Labute approximate surface area is 495 Å². The van der Waals surface area contributed by atoms with Crippen LogP contribution in [0.5, 0.6) is 0 Å². The number of hydrogen-bond acceptors (Lipinski definition) is 4. The SMILES string of the molecule is [2H]c1c([2H])c([2H])c(N(c2ccc(C(C)(C)C)cc2)c2cc3c4c(c2)N(c2ccc5c(c2)C(C)(C)CCC5(C)C)c2c(oc5c2C(C)(C)CCC5(C)C)B4c2cc4c(cc2N3c2ccc3c(c2)C(C)(C)CCC3(C)C)C(C)(C)CCC4(C)C)c([2H])c1[2H]. The van der Waals surface area contributed by atoms with Crippen LogP contribution in [0.2, 0.25) is 0 Å². The molecular formula is C76H92BN3O. The highest BCUT2D eigenvalue weighted by Crippen LogP contribution is 2.59. The highest BCUT2D eigenvalue weighted by molar-refractivity contribution is 6.99. The van der Waals surface area contributed by atoms with Crippen molar-refractivity contribution >= 4 is 74.5 Å². The Bertz CT molecular complexity index is 4010. The minimum atomic E-state index is -0.418. The van der Waals surface area contributed by atoms with Crippen molar-refractivity contribution in [1.29, 1.82) is 0 Å². The number of fused-ring (bicyclic) bond motifs is 9. The van der Waals surface area contributed by atoms with E-state index in [0.29, 0.717) is 11.4 Å². The molecule has 0 saturated heterocycles. The molecule has 1 aromatic heterocycles. The van der Waals surface area contributed by atoms with Gasteiger partial charge in [0.15, 0.2) is 0 Å². The zero-order valence-corrected chi connectivity index (χ0v) is 52.6. The number of para-hydroxylation sites is 1. The van der Waals surface area contributed by atoms with Crippen LogP contribution >= 0.6 is 0 Å². The van der Waals surface area contributed by atoms with E-state index in [1.165, 1.54) is 44.4 Å². The summed E-state index contributed by atoms with van der Waals surface area (Å²) in [6, 6.07) is 31.1. The molecule has 13 rings (SSSR count). The van der Waals surface area contributed by atoms with Crippen LogP contribution in [0.1, 0.15) is 240 Å². The van der Waals surface area contributed by atoms with Crippen molar-refractivity contribution in [1.82, 2.24) is 0 Å². The molecule has 0 amide bonds. The first kappa shape index (κ1) is 48.6. The Kier molecular flexibility index (Phi) is 10.4. The molecule has 0 fully saturated rings. The zero-order chi connectivity index (χ0) is 62.1. The predicted molar refractivity (Wildman–Crippen MR) is 347 cm³/mol. The summed E-state index contributed by atoms with van der Waals surface area (Å²) in [5.41, 5.74) is 20.7. The predicted octanol–water partition coefficient (Wildman–Crippen LogP) is 19.5. The van der Waals surface area contributed by atoms with E-state index in [1.807, 2.05) is 4.90 Å². The minimum absolute atomic E-state index is 0.00939. The third-order valence-corrected chi connectivity index (χ3v) is 21.7. The Morgan fingerprint density at radius 1 is 0.444 bits per heavy atom. The number of furan rings is 1. The van der Waals surface area contributed by atoms with Crippen molar-refractivity contribution in [3.63, 3.8) is 0 Å². The van der Waals surface area contributed by atoms with Crippen LogP contribution in [0, 0.1) is 0 Å². The Hall–Kier alpha value is -5.94. The molecule has 5 heteroatoms. The smallest absolute Gasteiger partial charge is 0.297 e. The van der Waals surface area contributed by atoms with E-state index in [0.717, 1.165) is 108 Å². The van der Waals surface area contributed by atoms with Gasteiger partial charge < -0.3 is 19.1 Å². The van der Waals surface area contributed by atoms with Crippen molar-refractivity contribution in [3.05, 3.63) is 165 Å². The van der Waals surface area contributed by atoms with Crippen molar-refractivity contribution in [2.75, 3.05) is 14.7 Å². The van der Waals surface area contributed by atoms with Crippen molar-refractivity contribution in [2.24, 2.45) is 0 Å². The molecular weight excluding hydrogens is 982 g/mol. The van der Waals surface area contributed by atoms with Crippen LogP contribution in [0.15, 0.2) is 120 Å². The molecule has 6 aromatic carbocycles. The maximum atomic E-state index is 9.87. The number of rotatable bonds is 5. The molecule has 4 aliphatic carbocycles. The highest BCUT2D eigenvalue weighted by atomic mass is 16.3. The quantitative estimate of drug-likeness (QED) is 0.160. The van der Waals surface area contributed by atoms with E-state index >= 15 is 0 Å². The van der Waals surface area contributed by atoms with E-state index in [2.05, 4.69) is 226 Å². The molecule has 4 nitrogen and oxygen atoms in total. The van der Waals surface area contributed by atoms with Gasteiger partial charge in [0.1, 0.15) is 5.76 Å². The van der Waals surface area contributed by atoms with Gasteiger partial charge in [0.05, 0.1) is 23.9 Å². The van der Waals surface area contributed by atoms with E-state index < -0.39 is 6.04 Å². The van der Waals surface area contributed by atoms with E-state index in [1.54, 1.807) is 0 Å². The number of hydrogen-bond donors (Lipinski definition) is 0. The highest BCUT2D eigenvalue weighted by Gasteiger charge is 2.54. The monoisotopic (exact) mass is 1080 g/mol. The standard InChI is InChI=1S/C76H92BN3O/c1-68(2,3)47-25-27-49(28-26-47)78(48-23-21-20-22-24-48)52-43-61-64-62(44-52)80(51-30-32-54-56(42-51)72(10,11)36-34-70(54,6)7)65-63-66(76(18,19)40-39-75(63,16)17)81-67(65)77(64)59-45-57-58(74(14,15)38-37-73(57,12)13)46-60(59)79(61)50-29-31-53-55(41-50)71(8,9)35-33-69(53,4)5/h20-32,41-46H,33-40H2,1-19H3/i20D,21D,22D,23D,24D. The second kappa shape index (κ2) is 17.3. The summed E-state index contributed by atoms with van der Waals surface area (Å²) < 4.78 is 55.2. The molecule has 0 unspecified atom stereocenters. The summed E-state index contributed by atoms with van der Waals surface area (Å²) in [5, 5.41) is 0. The Morgan fingerprint density at radius 2 is 0.889 bits per heavy atom. The minimum Gasteiger partial charge on any atom is -0.472 e. The molecule has 0 spiro atoms. The van der Waals surface area contributed by atoms with Gasteiger partial charge in [0, 0.05) is 50.8 Å². The molecule has 7 aromatic rings. The van der Waals surface area contributed by atoms with Gasteiger partial charge in [-0.25, -0.2) is 0 Å². The fourth-order valence-electron chi connectivity index (χ4n) is 15.8. The summed E-state index contributed by atoms with van der Waals surface area (Å²) in [5.74, 6) is 1.06. The van der Waals surface area contributed by atoms with Crippen LogP contribution < -0.4 is 31.3 Å². The molecule has 81 heavy (non-hydrogen) atoms. The van der Waals surface area contributed by atoms with Crippen LogP contribution in [-0.2, 0) is 48.7 Å². The summed E-state index contributed by atoms with van der Waals surface area (Å²) in [4.78, 5) is 7.09. The fraction of sp³-hybridized carbons (Fsp3) is 0.474. The average molecular weight is 1080 g/mol. The van der Waals surface area contributed by atoms with E-state index in [-0.39, 0.29) is 85.3 Å². The van der Waals surface area contributed by atoms with Gasteiger partial charge >= 0.3 is 0 Å². The number of nitrogens with zero attached hydrogens (tertiary/aromatic N) is 3. The molecule has 0 saturated carbocycles. The summed E-state index contributed by atoms with van der Waals surface area (Å²) in [7, 11) is 0. The molecule has 0 radical (unpaired) electrons. The lowest BCUT2D eigenvalue weighted by Gasteiger charge is -2.48. The van der Waals surface area contributed by atoms with Gasteiger partial charge in [0.2, 0.25) is 0 Å². The third-order valence-electron chi connectivity index (χ3n) is 21.7. The summed E-state index contributed by atoms with van der Waals surface area (Å²) in [6.45, 7) is 44.9. The van der Waals surface area contributed by atoms with Gasteiger partial charge in [-0.3, -0.25) is 0 Å². The molecule has 2 aliphatic heterocycles. The third kappa shape index (κ3) is 8.24. The second-order valence-corrected chi connectivity index (χ2v) is 32.1. The summed E-state index contributed by atoms with van der Waals surface area (Å²) >= 11 is 0. The molecule has 0 N–H and O–H groups in total. The largest absolute Gasteiger partial charge is 0.472 e. The van der Waals surface area contributed by atoms with E-state index in [4.69, 9.17) is 5.79 Å². The van der Waals surface area contributed by atoms with Crippen molar-refractivity contribution in [2.45, 2.75) is 232 Å². The Balaban J connectivity index is 1.24. The van der Waals surface area contributed by atoms with Crippen molar-refractivity contribution < 1.29 is 11.3 Å². The molecule has 0 atom stereocenters. The first-order chi connectivity index (χ1) is 39.8. The normalized spacial score (nSPS) is 22.2. The van der Waals surface area contributed by atoms with Crippen LogP contribution in [0.25, 0.3) is 0 Å². The lowest BCUT2D eigenvalue weighted by atomic mass is 9.35. The van der Waals surface area contributed by atoms with Gasteiger partial charge in [-0.1, -0.05) is 180 Å². The van der Waals surface area contributed by atoms with Crippen LogP contribution in [-0.4, -0.2) is 6.71 Å². The van der Waals surface area contributed by atoms with Gasteiger partial charge in [0.25, 0.3) is 6.71 Å².